The molecule has 0 unspecified atom stereocenters. The standard InChI is InChI=1S/C27H33BrNS.HI/c28-26-16-8-6-15-24(26)21-30-25-19-23-14-7-9-17-27(23)29(20-25)18-10-2-5-13-22-11-3-1-4-12-22;/h6-9,14-17,19-20,22H,1-5,10-13,18,21H2;1H/q+1;/p-1. The van der Waals surface area contributed by atoms with Gasteiger partial charge in [-0.25, -0.2) is 0 Å². The first-order valence-corrected chi connectivity index (χ1v) is 13.4. The predicted molar refractivity (Wildman–Crippen MR) is 133 cm³/mol. The number of benzene rings is 2. The monoisotopic (exact) mass is 609 g/mol. The molecule has 166 valence electrons. The molecule has 0 radical (unpaired) electrons. The minimum Gasteiger partial charge on any atom is -1.00 e. The van der Waals surface area contributed by atoms with Crippen molar-refractivity contribution in [2.24, 2.45) is 5.92 Å². The Bertz CT molecular complexity index is 955. The van der Waals surface area contributed by atoms with Gasteiger partial charge in [0.2, 0.25) is 5.52 Å². The second-order valence-electron chi connectivity index (χ2n) is 8.66. The third-order valence-electron chi connectivity index (χ3n) is 6.42. The summed E-state index contributed by atoms with van der Waals surface area (Å²) in [6, 6.07) is 19.7. The number of unbranched alkanes of at least 4 members (excludes halogenated alkanes) is 2. The van der Waals surface area contributed by atoms with E-state index in [2.05, 4.69) is 81.3 Å². The lowest BCUT2D eigenvalue weighted by Crippen LogP contribution is -3.00. The van der Waals surface area contributed by atoms with Crippen LogP contribution in [-0.4, -0.2) is 0 Å². The summed E-state index contributed by atoms with van der Waals surface area (Å²) in [4.78, 5) is 1.35. The Morgan fingerprint density at radius 1 is 0.903 bits per heavy atom. The van der Waals surface area contributed by atoms with Gasteiger partial charge < -0.3 is 24.0 Å². The van der Waals surface area contributed by atoms with Crippen molar-refractivity contribution in [3.8, 4) is 0 Å². The normalized spacial score (nSPS) is 14.5. The number of fused-ring (bicyclic) bond motifs is 1. The van der Waals surface area contributed by atoms with E-state index in [1.165, 1.54) is 83.6 Å². The Kier molecular flexibility index (Phi) is 10.7. The number of halogens is 2. The maximum absolute atomic E-state index is 3.68. The van der Waals surface area contributed by atoms with Crippen LogP contribution in [0.4, 0.5) is 0 Å². The Morgan fingerprint density at radius 2 is 1.68 bits per heavy atom. The first-order chi connectivity index (χ1) is 14.8. The average Bonchev–Trinajstić information content (AvgIpc) is 2.79. The number of hydrogen-bond acceptors (Lipinski definition) is 1. The van der Waals surface area contributed by atoms with Gasteiger partial charge in [0.05, 0.1) is 4.90 Å². The zero-order valence-corrected chi connectivity index (χ0v) is 22.8. The van der Waals surface area contributed by atoms with Crippen LogP contribution in [0.2, 0.25) is 0 Å². The summed E-state index contributed by atoms with van der Waals surface area (Å²) in [7, 11) is 0. The molecule has 1 saturated carbocycles. The third-order valence-corrected chi connectivity index (χ3v) is 8.20. The van der Waals surface area contributed by atoms with Gasteiger partial charge in [0.15, 0.2) is 6.20 Å². The number of nitrogens with zero attached hydrogens (tertiary/aromatic N) is 1. The van der Waals surface area contributed by atoms with Crippen LogP contribution in [0.25, 0.3) is 10.9 Å². The van der Waals surface area contributed by atoms with Crippen LogP contribution in [0.15, 0.2) is 70.2 Å². The lowest BCUT2D eigenvalue weighted by atomic mass is 9.85. The van der Waals surface area contributed by atoms with Crippen LogP contribution in [-0.2, 0) is 12.3 Å². The maximum Gasteiger partial charge on any atom is 0.212 e. The lowest BCUT2D eigenvalue weighted by Gasteiger charge is -2.21. The highest BCUT2D eigenvalue weighted by atomic mass is 127. The topological polar surface area (TPSA) is 3.88 Å². The maximum atomic E-state index is 3.68. The number of aromatic nitrogens is 1. The van der Waals surface area contributed by atoms with Crippen molar-refractivity contribution in [1.29, 1.82) is 0 Å². The van der Waals surface area contributed by atoms with E-state index in [1.54, 1.807) is 0 Å². The number of thioether (sulfide) groups is 1. The minimum atomic E-state index is 0. The molecular weight excluding hydrogens is 577 g/mol. The molecule has 1 fully saturated rings. The molecule has 0 saturated heterocycles. The van der Waals surface area contributed by atoms with E-state index in [0.29, 0.717) is 0 Å². The minimum absolute atomic E-state index is 0. The fourth-order valence-electron chi connectivity index (χ4n) is 4.69. The van der Waals surface area contributed by atoms with Gasteiger partial charge in [-0.15, -0.1) is 11.8 Å². The Morgan fingerprint density at radius 3 is 2.52 bits per heavy atom. The number of pyridine rings is 1. The van der Waals surface area contributed by atoms with Gasteiger partial charge in [0.1, 0.15) is 6.54 Å². The van der Waals surface area contributed by atoms with Gasteiger partial charge >= 0.3 is 0 Å². The van der Waals surface area contributed by atoms with E-state index in [0.717, 1.165) is 18.2 Å². The fraction of sp³-hybridized carbons (Fsp3) is 0.444. The first kappa shape index (κ1) is 25.0. The zero-order valence-electron chi connectivity index (χ0n) is 18.2. The highest BCUT2D eigenvalue weighted by Gasteiger charge is 2.14. The highest BCUT2D eigenvalue weighted by Crippen LogP contribution is 2.29. The van der Waals surface area contributed by atoms with Crippen LogP contribution >= 0.6 is 27.7 Å². The molecule has 1 heterocycles. The molecular formula is C27H33BrINS. The second kappa shape index (κ2) is 13.2. The number of hydrogen-bond donors (Lipinski definition) is 0. The largest absolute Gasteiger partial charge is 1.00 e. The molecule has 0 bridgehead atoms. The summed E-state index contributed by atoms with van der Waals surface area (Å²) >= 11 is 5.61. The molecule has 0 atom stereocenters. The van der Waals surface area contributed by atoms with Crippen LogP contribution in [0.5, 0.6) is 0 Å². The lowest BCUT2D eigenvalue weighted by molar-refractivity contribution is -0.673. The SMILES string of the molecule is Brc1ccccc1CSc1cc2ccccc2[n+](CCCCCC2CCCCC2)c1.[I-]. The van der Waals surface area contributed by atoms with Crippen molar-refractivity contribution in [1.82, 2.24) is 0 Å². The van der Waals surface area contributed by atoms with Crippen LogP contribution in [0.1, 0.15) is 63.4 Å². The summed E-state index contributed by atoms with van der Waals surface area (Å²) in [6.07, 6.45) is 15.2. The Hall–Kier alpha value is -0.590. The van der Waals surface area contributed by atoms with Crippen molar-refractivity contribution in [3.05, 3.63) is 70.8 Å². The van der Waals surface area contributed by atoms with Crippen molar-refractivity contribution < 1.29 is 28.5 Å². The van der Waals surface area contributed by atoms with Crippen molar-refractivity contribution in [3.63, 3.8) is 0 Å². The van der Waals surface area contributed by atoms with Crippen LogP contribution in [0, 0.1) is 5.92 Å². The summed E-state index contributed by atoms with van der Waals surface area (Å²) < 4.78 is 3.68. The van der Waals surface area contributed by atoms with Crippen LogP contribution < -0.4 is 28.5 Å². The van der Waals surface area contributed by atoms with Gasteiger partial charge in [0.25, 0.3) is 0 Å². The molecule has 3 aromatic rings. The molecule has 1 nitrogen and oxygen atoms in total. The van der Waals surface area contributed by atoms with E-state index in [-0.39, 0.29) is 24.0 Å². The number of rotatable bonds is 9. The molecule has 31 heavy (non-hydrogen) atoms. The number of para-hydroxylation sites is 1. The second-order valence-corrected chi connectivity index (χ2v) is 10.6. The van der Waals surface area contributed by atoms with Crippen molar-refractivity contribution >= 4 is 38.6 Å². The Labute approximate surface area is 217 Å². The molecule has 0 aliphatic heterocycles. The van der Waals surface area contributed by atoms with Crippen LogP contribution in [0.3, 0.4) is 0 Å². The molecule has 1 aliphatic rings. The van der Waals surface area contributed by atoms with Gasteiger partial charge in [-0.1, -0.05) is 91.2 Å². The predicted octanol–water partition coefficient (Wildman–Crippen LogP) is 5.33. The molecule has 4 heteroatoms. The van der Waals surface area contributed by atoms with E-state index >= 15 is 0 Å². The fourth-order valence-corrected chi connectivity index (χ4v) is 6.29. The smallest absolute Gasteiger partial charge is 0.212 e. The van der Waals surface area contributed by atoms with E-state index in [1.807, 2.05) is 11.8 Å². The summed E-state index contributed by atoms with van der Waals surface area (Å²) in [5.41, 5.74) is 2.71. The first-order valence-electron chi connectivity index (χ1n) is 11.6. The molecule has 0 N–H and O–H groups in total. The van der Waals surface area contributed by atoms with Gasteiger partial charge in [-0.3, -0.25) is 0 Å². The van der Waals surface area contributed by atoms with Gasteiger partial charge in [0, 0.05) is 28.1 Å². The summed E-state index contributed by atoms with van der Waals surface area (Å²) in [6.45, 7) is 1.12. The van der Waals surface area contributed by atoms with E-state index < -0.39 is 0 Å². The molecule has 1 aliphatic carbocycles. The van der Waals surface area contributed by atoms with E-state index in [9.17, 15) is 0 Å². The van der Waals surface area contributed by atoms with Gasteiger partial charge in [-0.2, -0.15) is 4.57 Å². The molecule has 4 rings (SSSR count). The highest BCUT2D eigenvalue weighted by molar-refractivity contribution is 9.10. The quantitative estimate of drug-likeness (QED) is 0.137. The summed E-state index contributed by atoms with van der Waals surface area (Å²) in [5, 5.41) is 1.34. The average molecular weight is 610 g/mol. The molecule has 2 aromatic carbocycles. The molecule has 0 amide bonds. The Balaban J connectivity index is 0.00000272. The van der Waals surface area contributed by atoms with Crippen molar-refractivity contribution in [2.75, 3.05) is 0 Å². The van der Waals surface area contributed by atoms with E-state index in [4.69, 9.17) is 0 Å². The molecule has 1 aromatic heterocycles. The summed E-state index contributed by atoms with van der Waals surface area (Å²) in [5.74, 6) is 2.01. The molecule has 0 spiro atoms. The number of aryl methyl sites for hydroxylation is 1. The van der Waals surface area contributed by atoms with Gasteiger partial charge in [-0.05, 0) is 36.1 Å². The third kappa shape index (κ3) is 7.46. The van der Waals surface area contributed by atoms with Crippen molar-refractivity contribution in [2.45, 2.75) is 75.0 Å². The zero-order chi connectivity index (χ0) is 20.6.